The number of rotatable bonds is 9. The molecule has 0 bridgehead atoms. The first-order chi connectivity index (χ1) is 15.3. The Morgan fingerprint density at radius 2 is 1.88 bits per heavy atom. The van der Waals surface area contributed by atoms with Gasteiger partial charge < -0.3 is 15.7 Å². The fourth-order valence-corrected chi connectivity index (χ4v) is 2.71. The number of aromatic nitrogens is 5. The summed E-state index contributed by atoms with van der Waals surface area (Å²) in [5.74, 6) is -2.06. The second kappa shape index (κ2) is 10.2. The fraction of sp³-hybridized carbons (Fsp3) is 0.250. The number of carboxylic acids is 1. The molecule has 0 saturated heterocycles. The van der Waals surface area contributed by atoms with Crippen LogP contribution in [0.25, 0.3) is 11.4 Å². The van der Waals surface area contributed by atoms with Crippen molar-refractivity contribution in [3.63, 3.8) is 0 Å². The Morgan fingerprint density at radius 1 is 1.12 bits per heavy atom. The maximum absolute atomic E-state index is 13.0. The SMILES string of the molecule is Cc1cc(-c2nnn(CC(=O)NCCC(=O)O)n2)cc(C(=O)NCc2ccc(F)cc2)n1. The lowest BCUT2D eigenvalue weighted by molar-refractivity contribution is -0.136. The van der Waals surface area contributed by atoms with Gasteiger partial charge in [-0.1, -0.05) is 12.1 Å². The average Bonchev–Trinajstić information content (AvgIpc) is 3.21. The van der Waals surface area contributed by atoms with Gasteiger partial charge in [-0.15, -0.1) is 10.2 Å². The summed E-state index contributed by atoms with van der Waals surface area (Å²) in [6.07, 6.45) is -0.190. The van der Waals surface area contributed by atoms with Gasteiger partial charge in [0, 0.05) is 24.3 Å². The summed E-state index contributed by atoms with van der Waals surface area (Å²) in [6, 6.07) is 8.94. The molecule has 2 heterocycles. The highest BCUT2D eigenvalue weighted by atomic mass is 19.1. The molecule has 0 aliphatic heterocycles. The summed E-state index contributed by atoms with van der Waals surface area (Å²) in [4.78, 5) is 40.1. The first kappa shape index (κ1) is 22.5. The molecular weight excluding hydrogens is 421 g/mol. The molecular formula is C20H20FN7O4. The minimum Gasteiger partial charge on any atom is -0.481 e. The van der Waals surface area contributed by atoms with Gasteiger partial charge in [0.15, 0.2) is 0 Å². The molecule has 0 unspecified atom stereocenters. The van der Waals surface area contributed by atoms with Crippen LogP contribution in [0.2, 0.25) is 0 Å². The molecule has 0 fully saturated rings. The molecule has 32 heavy (non-hydrogen) atoms. The molecule has 0 aliphatic rings. The third-order valence-electron chi connectivity index (χ3n) is 4.21. The van der Waals surface area contributed by atoms with Gasteiger partial charge in [0.2, 0.25) is 11.7 Å². The van der Waals surface area contributed by atoms with Crippen molar-refractivity contribution in [3.05, 3.63) is 59.2 Å². The molecule has 0 saturated carbocycles. The van der Waals surface area contributed by atoms with Crippen LogP contribution in [0, 0.1) is 12.7 Å². The van der Waals surface area contributed by atoms with Gasteiger partial charge in [0.25, 0.3) is 5.91 Å². The molecule has 0 spiro atoms. The second-order valence-electron chi connectivity index (χ2n) is 6.83. The summed E-state index contributed by atoms with van der Waals surface area (Å²) >= 11 is 0. The van der Waals surface area contributed by atoms with Gasteiger partial charge in [-0.2, -0.15) is 4.80 Å². The van der Waals surface area contributed by atoms with Gasteiger partial charge in [-0.3, -0.25) is 14.4 Å². The molecule has 1 aromatic carbocycles. The van der Waals surface area contributed by atoms with Gasteiger partial charge in [0.05, 0.1) is 6.42 Å². The smallest absolute Gasteiger partial charge is 0.305 e. The van der Waals surface area contributed by atoms with Crippen LogP contribution in [-0.2, 0) is 22.7 Å². The molecule has 3 rings (SSSR count). The Hall–Kier alpha value is -4.22. The lowest BCUT2D eigenvalue weighted by Crippen LogP contribution is -2.30. The highest BCUT2D eigenvalue weighted by Gasteiger charge is 2.14. The highest BCUT2D eigenvalue weighted by Crippen LogP contribution is 2.16. The van der Waals surface area contributed by atoms with Crippen molar-refractivity contribution in [1.29, 1.82) is 0 Å². The molecule has 166 valence electrons. The maximum Gasteiger partial charge on any atom is 0.305 e. The quantitative estimate of drug-likeness (QED) is 0.439. The molecule has 2 aromatic heterocycles. The summed E-state index contributed by atoms with van der Waals surface area (Å²) in [6.45, 7) is 1.67. The van der Waals surface area contributed by atoms with Gasteiger partial charge >= 0.3 is 5.97 Å². The zero-order valence-corrected chi connectivity index (χ0v) is 17.1. The molecule has 0 radical (unpaired) electrons. The number of hydrogen-bond acceptors (Lipinski definition) is 7. The normalized spacial score (nSPS) is 10.6. The minimum atomic E-state index is -1.02. The van der Waals surface area contributed by atoms with E-state index in [0.29, 0.717) is 11.3 Å². The van der Waals surface area contributed by atoms with Crippen LogP contribution < -0.4 is 10.6 Å². The lowest BCUT2D eigenvalue weighted by Gasteiger charge is -2.07. The number of amides is 2. The van der Waals surface area contributed by atoms with Crippen LogP contribution >= 0.6 is 0 Å². The van der Waals surface area contributed by atoms with Gasteiger partial charge in [-0.25, -0.2) is 9.37 Å². The molecule has 3 aromatic rings. The summed E-state index contributed by atoms with van der Waals surface area (Å²) in [5, 5.41) is 25.6. The van der Waals surface area contributed by atoms with Crippen LogP contribution in [0.15, 0.2) is 36.4 Å². The van der Waals surface area contributed by atoms with E-state index in [1.807, 2.05) is 0 Å². The number of nitrogens with zero attached hydrogens (tertiary/aromatic N) is 5. The van der Waals surface area contributed by atoms with Crippen LogP contribution in [0.4, 0.5) is 4.39 Å². The first-order valence-electron chi connectivity index (χ1n) is 9.58. The van der Waals surface area contributed by atoms with E-state index in [0.717, 1.165) is 10.4 Å². The first-order valence-corrected chi connectivity index (χ1v) is 9.58. The predicted molar refractivity (Wildman–Crippen MR) is 109 cm³/mol. The predicted octanol–water partition coefficient (Wildman–Crippen LogP) is 0.704. The number of carbonyl (C=O) groups is 3. The number of hydrogen-bond donors (Lipinski definition) is 3. The fourth-order valence-electron chi connectivity index (χ4n) is 2.71. The van der Waals surface area contributed by atoms with Crippen LogP contribution in [0.3, 0.4) is 0 Å². The molecule has 0 atom stereocenters. The van der Waals surface area contributed by atoms with Gasteiger partial charge in [0.1, 0.15) is 18.1 Å². The Balaban J connectivity index is 1.65. The van der Waals surface area contributed by atoms with E-state index in [1.165, 1.54) is 18.2 Å². The number of carboxylic acid groups (broad SMARTS) is 1. The monoisotopic (exact) mass is 441 g/mol. The van der Waals surface area contributed by atoms with Crippen molar-refractivity contribution in [3.8, 4) is 11.4 Å². The number of pyridine rings is 1. The number of halogens is 1. The number of nitrogens with one attached hydrogen (secondary N) is 2. The molecule has 0 aliphatic carbocycles. The van der Waals surface area contributed by atoms with E-state index in [9.17, 15) is 18.8 Å². The summed E-state index contributed by atoms with van der Waals surface area (Å²) < 4.78 is 13.0. The van der Waals surface area contributed by atoms with Crippen LogP contribution in [0.1, 0.15) is 28.2 Å². The number of aliphatic carboxylic acids is 1. The van der Waals surface area contributed by atoms with Crippen LogP contribution in [0.5, 0.6) is 0 Å². The average molecular weight is 441 g/mol. The molecule has 12 heteroatoms. The van der Waals surface area contributed by atoms with E-state index in [2.05, 4.69) is 31.0 Å². The Labute approximate surface area is 181 Å². The highest BCUT2D eigenvalue weighted by molar-refractivity contribution is 5.93. The number of aryl methyl sites for hydroxylation is 1. The number of carbonyl (C=O) groups excluding carboxylic acids is 2. The van der Waals surface area contributed by atoms with Gasteiger partial charge in [-0.05, 0) is 42.0 Å². The van der Waals surface area contributed by atoms with E-state index < -0.39 is 17.8 Å². The van der Waals surface area contributed by atoms with Crippen molar-refractivity contribution in [1.82, 2.24) is 35.8 Å². The largest absolute Gasteiger partial charge is 0.481 e. The van der Waals surface area contributed by atoms with Crippen molar-refractivity contribution in [2.24, 2.45) is 0 Å². The third-order valence-corrected chi connectivity index (χ3v) is 4.21. The molecule has 3 N–H and O–H groups in total. The maximum atomic E-state index is 13.0. The second-order valence-corrected chi connectivity index (χ2v) is 6.83. The Bertz CT molecular complexity index is 1130. The van der Waals surface area contributed by atoms with Crippen LogP contribution in [-0.4, -0.2) is 54.6 Å². The third kappa shape index (κ3) is 6.39. The minimum absolute atomic E-state index is 0.00430. The zero-order valence-electron chi connectivity index (χ0n) is 17.1. The van der Waals surface area contributed by atoms with E-state index in [4.69, 9.17) is 5.11 Å². The zero-order chi connectivity index (χ0) is 23.1. The Morgan fingerprint density at radius 3 is 2.59 bits per heavy atom. The topological polar surface area (TPSA) is 152 Å². The van der Waals surface area contributed by atoms with E-state index in [-0.39, 0.29) is 43.4 Å². The number of benzene rings is 1. The van der Waals surface area contributed by atoms with Crippen molar-refractivity contribution < 1.29 is 23.9 Å². The van der Waals surface area contributed by atoms with Crippen molar-refractivity contribution in [2.45, 2.75) is 26.4 Å². The summed E-state index contributed by atoms with van der Waals surface area (Å²) in [5.41, 5.74) is 1.92. The van der Waals surface area contributed by atoms with Crippen molar-refractivity contribution in [2.75, 3.05) is 6.54 Å². The van der Waals surface area contributed by atoms with Crippen molar-refractivity contribution >= 4 is 17.8 Å². The Kier molecular flexibility index (Phi) is 7.16. The molecule has 2 amide bonds. The van der Waals surface area contributed by atoms with E-state index >= 15 is 0 Å². The summed E-state index contributed by atoms with van der Waals surface area (Å²) in [7, 11) is 0. The number of tetrazole rings is 1. The lowest BCUT2D eigenvalue weighted by atomic mass is 10.1. The standard InChI is InChI=1S/C20H20FN7O4/c1-12-8-14(19-25-27-28(26-19)11-17(29)22-7-6-18(30)31)9-16(24-12)20(32)23-10-13-2-4-15(21)5-3-13/h2-5,8-9H,6-7,10-11H2,1H3,(H,22,29)(H,23,32)(H,30,31). The van der Waals surface area contributed by atoms with E-state index in [1.54, 1.807) is 25.1 Å². The molecule has 11 nitrogen and oxygen atoms in total.